The van der Waals surface area contributed by atoms with Crippen LogP contribution in [0.25, 0.3) is 0 Å². The zero-order chi connectivity index (χ0) is 22.4. The summed E-state index contributed by atoms with van der Waals surface area (Å²) in [6, 6.07) is 10.0. The standard InChI is InChI=1S/C22H31N5O3S/c1-4-27(5-2)31(29,30)20-10-6-8-18(16-20)22(28)24-17-19-9-7-11-23-21(19)26-14-12-25(3)13-15-26/h6-11,16H,4-5,12-15,17H2,1-3H3,(H,24,28). The number of anilines is 1. The molecule has 1 N–H and O–H groups in total. The first-order valence-electron chi connectivity index (χ1n) is 10.6. The highest BCUT2D eigenvalue weighted by atomic mass is 32.2. The molecule has 1 aromatic carbocycles. The number of sulfonamides is 1. The van der Waals surface area contributed by atoms with Gasteiger partial charge < -0.3 is 15.1 Å². The van der Waals surface area contributed by atoms with Crippen LogP contribution in [0.3, 0.4) is 0 Å². The molecule has 1 fully saturated rings. The van der Waals surface area contributed by atoms with Crippen LogP contribution in [0.1, 0.15) is 29.8 Å². The second-order valence-electron chi connectivity index (χ2n) is 7.58. The molecule has 1 aliphatic rings. The average molecular weight is 446 g/mol. The minimum Gasteiger partial charge on any atom is -0.354 e. The van der Waals surface area contributed by atoms with Crippen molar-refractivity contribution in [2.75, 3.05) is 51.2 Å². The van der Waals surface area contributed by atoms with Gasteiger partial charge in [-0.15, -0.1) is 0 Å². The lowest BCUT2D eigenvalue weighted by Gasteiger charge is -2.34. The van der Waals surface area contributed by atoms with Crippen LogP contribution in [0.2, 0.25) is 0 Å². The summed E-state index contributed by atoms with van der Waals surface area (Å²) in [4.78, 5) is 22.0. The lowest BCUT2D eigenvalue weighted by Crippen LogP contribution is -2.45. The Kier molecular flexibility index (Phi) is 7.64. The lowest BCUT2D eigenvalue weighted by atomic mass is 10.2. The third-order valence-corrected chi connectivity index (χ3v) is 7.60. The van der Waals surface area contributed by atoms with Gasteiger partial charge in [-0.2, -0.15) is 4.31 Å². The van der Waals surface area contributed by atoms with Gasteiger partial charge in [0.25, 0.3) is 5.91 Å². The molecule has 0 radical (unpaired) electrons. The van der Waals surface area contributed by atoms with Crippen molar-refractivity contribution in [3.63, 3.8) is 0 Å². The fraction of sp³-hybridized carbons (Fsp3) is 0.455. The van der Waals surface area contributed by atoms with Gasteiger partial charge in [-0.05, 0) is 31.3 Å². The van der Waals surface area contributed by atoms with Crippen LogP contribution in [0, 0.1) is 0 Å². The SMILES string of the molecule is CCN(CC)S(=O)(=O)c1cccc(C(=O)NCc2cccnc2N2CCN(C)CC2)c1. The van der Waals surface area contributed by atoms with Crippen LogP contribution in [-0.2, 0) is 16.6 Å². The second kappa shape index (κ2) is 10.2. The molecule has 0 spiro atoms. The van der Waals surface area contributed by atoms with E-state index in [4.69, 9.17) is 0 Å². The molecule has 1 amide bonds. The topological polar surface area (TPSA) is 85.8 Å². The van der Waals surface area contributed by atoms with E-state index in [-0.39, 0.29) is 10.8 Å². The predicted octanol–water partition coefficient (Wildman–Crippen LogP) is 1.79. The predicted molar refractivity (Wildman–Crippen MR) is 122 cm³/mol. The normalized spacial score (nSPS) is 15.3. The minimum atomic E-state index is -3.62. The number of piperazine rings is 1. The van der Waals surface area contributed by atoms with Gasteiger partial charge in [-0.25, -0.2) is 13.4 Å². The number of hydrogen-bond donors (Lipinski definition) is 1. The van der Waals surface area contributed by atoms with Crippen molar-refractivity contribution in [1.82, 2.24) is 19.5 Å². The van der Waals surface area contributed by atoms with Crippen LogP contribution in [0.5, 0.6) is 0 Å². The van der Waals surface area contributed by atoms with Gasteiger partial charge in [0.05, 0.1) is 4.90 Å². The van der Waals surface area contributed by atoms with Gasteiger partial charge in [0.2, 0.25) is 10.0 Å². The highest BCUT2D eigenvalue weighted by Gasteiger charge is 2.23. The molecule has 2 aromatic rings. The summed E-state index contributed by atoms with van der Waals surface area (Å²) in [5.41, 5.74) is 1.26. The Hall–Kier alpha value is -2.49. The van der Waals surface area contributed by atoms with Crippen LogP contribution >= 0.6 is 0 Å². The zero-order valence-corrected chi connectivity index (χ0v) is 19.2. The summed E-state index contributed by atoms with van der Waals surface area (Å²) in [5.74, 6) is 0.568. The summed E-state index contributed by atoms with van der Waals surface area (Å²) < 4.78 is 26.9. The zero-order valence-electron chi connectivity index (χ0n) is 18.4. The van der Waals surface area contributed by atoms with Crippen molar-refractivity contribution in [3.8, 4) is 0 Å². The molecule has 8 nitrogen and oxygen atoms in total. The molecule has 0 unspecified atom stereocenters. The molecular weight excluding hydrogens is 414 g/mol. The fourth-order valence-electron chi connectivity index (χ4n) is 3.66. The number of carbonyl (C=O) groups is 1. The number of rotatable bonds is 8. The first-order valence-corrected chi connectivity index (χ1v) is 12.1. The lowest BCUT2D eigenvalue weighted by molar-refractivity contribution is 0.0950. The maximum atomic E-state index is 12.8. The minimum absolute atomic E-state index is 0.128. The molecule has 3 rings (SSSR count). The number of hydrogen-bond acceptors (Lipinski definition) is 6. The summed E-state index contributed by atoms with van der Waals surface area (Å²) in [5, 5.41) is 2.91. The number of aromatic nitrogens is 1. The molecule has 31 heavy (non-hydrogen) atoms. The Morgan fingerprint density at radius 2 is 1.81 bits per heavy atom. The van der Waals surface area contributed by atoms with E-state index in [1.807, 2.05) is 12.1 Å². The van der Waals surface area contributed by atoms with E-state index in [9.17, 15) is 13.2 Å². The van der Waals surface area contributed by atoms with Crippen LogP contribution in [0.4, 0.5) is 5.82 Å². The summed E-state index contributed by atoms with van der Waals surface area (Å²) in [6.45, 7) is 8.39. The van der Waals surface area contributed by atoms with Crippen LogP contribution in [0.15, 0.2) is 47.5 Å². The van der Waals surface area contributed by atoms with Crippen molar-refractivity contribution in [1.29, 1.82) is 0 Å². The number of nitrogens with zero attached hydrogens (tertiary/aromatic N) is 4. The summed E-state index contributed by atoms with van der Waals surface area (Å²) in [6.07, 6.45) is 1.76. The van der Waals surface area contributed by atoms with E-state index in [0.717, 1.165) is 37.6 Å². The molecule has 1 aromatic heterocycles. The molecular formula is C22H31N5O3S. The Morgan fingerprint density at radius 3 is 2.48 bits per heavy atom. The number of likely N-dealkylation sites (N-methyl/N-ethyl adjacent to an activating group) is 1. The number of amides is 1. The van der Waals surface area contributed by atoms with Gasteiger partial charge in [-0.1, -0.05) is 26.0 Å². The highest BCUT2D eigenvalue weighted by molar-refractivity contribution is 7.89. The quantitative estimate of drug-likeness (QED) is 0.667. The summed E-state index contributed by atoms with van der Waals surface area (Å²) >= 11 is 0. The third kappa shape index (κ3) is 5.41. The number of nitrogens with one attached hydrogen (secondary N) is 1. The fourth-order valence-corrected chi connectivity index (χ4v) is 5.16. The molecule has 0 atom stereocenters. The largest absolute Gasteiger partial charge is 0.354 e. The van der Waals surface area contributed by atoms with Gasteiger partial charge in [0.1, 0.15) is 5.82 Å². The second-order valence-corrected chi connectivity index (χ2v) is 9.51. The number of benzene rings is 1. The van der Waals surface area contributed by atoms with Crippen molar-refractivity contribution < 1.29 is 13.2 Å². The molecule has 0 bridgehead atoms. The summed E-state index contributed by atoms with van der Waals surface area (Å²) in [7, 11) is -1.51. The van der Waals surface area contributed by atoms with E-state index < -0.39 is 10.0 Å². The van der Waals surface area contributed by atoms with E-state index in [1.165, 1.54) is 16.4 Å². The maximum Gasteiger partial charge on any atom is 0.251 e. The smallest absolute Gasteiger partial charge is 0.251 e. The molecule has 9 heteroatoms. The number of carbonyl (C=O) groups excluding carboxylic acids is 1. The molecule has 2 heterocycles. The maximum absolute atomic E-state index is 12.8. The molecule has 1 saturated heterocycles. The Balaban J connectivity index is 1.73. The van der Waals surface area contributed by atoms with Gasteiger partial charge in [0.15, 0.2) is 0 Å². The van der Waals surface area contributed by atoms with E-state index in [2.05, 4.69) is 27.1 Å². The van der Waals surface area contributed by atoms with Crippen molar-refractivity contribution in [2.24, 2.45) is 0 Å². The van der Waals surface area contributed by atoms with E-state index >= 15 is 0 Å². The van der Waals surface area contributed by atoms with Gasteiger partial charge >= 0.3 is 0 Å². The van der Waals surface area contributed by atoms with Crippen molar-refractivity contribution in [2.45, 2.75) is 25.3 Å². The van der Waals surface area contributed by atoms with Gasteiger partial charge in [0, 0.05) is 63.1 Å². The van der Waals surface area contributed by atoms with Crippen LogP contribution in [-0.4, -0.2) is 74.8 Å². The Bertz CT molecular complexity index is 1000. The first-order chi connectivity index (χ1) is 14.9. The molecule has 0 saturated carbocycles. The van der Waals surface area contributed by atoms with E-state index in [0.29, 0.717) is 25.2 Å². The van der Waals surface area contributed by atoms with Crippen LogP contribution < -0.4 is 10.2 Å². The average Bonchev–Trinajstić information content (AvgIpc) is 2.79. The Labute approximate surface area is 184 Å². The highest BCUT2D eigenvalue weighted by Crippen LogP contribution is 2.20. The Morgan fingerprint density at radius 1 is 1.10 bits per heavy atom. The van der Waals surface area contributed by atoms with Gasteiger partial charge in [-0.3, -0.25) is 4.79 Å². The third-order valence-electron chi connectivity index (χ3n) is 5.55. The molecule has 168 valence electrons. The van der Waals surface area contributed by atoms with E-state index in [1.54, 1.807) is 32.2 Å². The molecule has 0 aliphatic carbocycles. The van der Waals surface area contributed by atoms with Crippen molar-refractivity contribution in [3.05, 3.63) is 53.7 Å². The molecule has 1 aliphatic heterocycles. The first kappa shape index (κ1) is 23.2. The van der Waals surface area contributed by atoms with Crippen molar-refractivity contribution >= 4 is 21.7 Å². The monoisotopic (exact) mass is 445 g/mol. The number of pyridine rings is 1.